The van der Waals surface area contributed by atoms with Crippen LogP contribution in [0.5, 0.6) is 0 Å². The standard InChI is InChI=1S/C11H21N3O4/c1-4-13(6-8(3)10(16)17)11(18)14(5-2)7-9(12)15/h8H,4-7H2,1-3H3,(H2,12,15)(H,16,17). The minimum absolute atomic E-state index is 0.111. The van der Waals surface area contributed by atoms with Gasteiger partial charge in [0, 0.05) is 19.6 Å². The van der Waals surface area contributed by atoms with Crippen molar-refractivity contribution >= 4 is 17.9 Å². The van der Waals surface area contributed by atoms with E-state index >= 15 is 0 Å². The number of nitrogens with two attached hydrogens (primary N) is 1. The van der Waals surface area contributed by atoms with E-state index in [1.54, 1.807) is 13.8 Å². The number of carboxylic acid groups (broad SMARTS) is 1. The molecule has 0 radical (unpaired) electrons. The van der Waals surface area contributed by atoms with Crippen LogP contribution in [0, 0.1) is 5.92 Å². The van der Waals surface area contributed by atoms with Crippen molar-refractivity contribution in [1.29, 1.82) is 0 Å². The molecule has 1 unspecified atom stereocenters. The number of likely N-dealkylation sites (N-methyl/N-ethyl adjacent to an activating group) is 1. The van der Waals surface area contributed by atoms with Gasteiger partial charge < -0.3 is 20.6 Å². The first-order valence-electron chi connectivity index (χ1n) is 5.88. The van der Waals surface area contributed by atoms with E-state index in [9.17, 15) is 14.4 Å². The van der Waals surface area contributed by atoms with E-state index < -0.39 is 17.8 Å². The van der Waals surface area contributed by atoms with E-state index in [4.69, 9.17) is 10.8 Å². The number of hydrogen-bond donors (Lipinski definition) is 2. The smallest absolute Gasteiger partial charge is 0.320 e. The van der Waals surface area contributed by atoms with E-state index in [1.807, 2.05) is 0 Å². The van der Waals surface area contributed by atoms with Crippen molar-refractivity contribution in [1.82, 2.24) is 9.80 Å². The zero-order chi connectivity index (χ0) is 14.3. The predicted molar refractivity (Wildman–Crippen MR) is 65.9 cm³/mol. The Bertz CT molecular complexity index is 319. The molecule has 0 saturated carbocycles. The number of nitrogens with zero attached hydrogens (tertiary/aromatic N) is 2. The molecule has 0 aliphatic carbocycles. The normalized spacial score (nSPS) is 11.7. The third kappa shape index (κ3) is 5.03. The molecule has 0 aromatic carbocycles. The van der Waals surface area contributed by atoms with Crippen molar-refractivity contribution in [3.63, 3.8) is 0 Å². The molecule has 0 spiro atoms. The molecule has 0 aliphatic heterocycles. The summed E-state index contributed by atoms with van der Waals surface area (Å²) in [6.45, 7) is 5.70. The lowest BCUT2D eigenvalue weighted by Crippen LogP contribution is -2.48. The van der Waals surface area contributed by atoms with Crippen LogP contribution in [-0.4, -0.2) is 59.0 Å². The Labute approximate surface area is 107 Å². The molecule has 3 N–H and O–H groups in total. The van der Waals surface area contributed by atoms with Gasteiger partial charge in [-0.05, 0) is 13.8 Å². The second kappa shape index (κ2) is 7.52. The summed E-state index contributed by atoms with van der Waals surface area (Å²) in [5.41, 5.74) is 5.05. The molecule has 7 heteroatoms. The van der Waals surface area contributed by atoms with Crippen LogP contribution in [0.15, 0.2) is 0 Å². The lowest BCUT2D eigenvalue weighted by molar-refractivity contribution is -0.141. The quantitative estimate of drug-likeness (QED) is 0.669. The van der Waals surface area contributed by atoms with Crippen molar-refractivity contribution < 1.29 is 19.5 Å². The zero-order valence-electron chi connectivity index (χ0n) is 11.0. The molecule has 0 fully saturated rings. The molecule has 3 amide bonds. The van der Waals surface area contributed by atoms with Gasteiger partial charge in [-0.1, -0.05) is 6.92 Å². The Balaban J connectivity index is 4.66. The van der Waals surface area contributed by atoms with Gasteiger partial charge in [0.05, 0.1) is 5.92 Å². The first kappa shape index (κ1) is 16.2. The Kier molecular flexibility index (Phi) is 6.77. The third-order valence-electron chi connectivity index (χ3n) is 2.57. The summed E-state index contributed by atoms with van der Waals surface area (Å²) in [4.78, 5) is 36.3. The van der Waals surface area contributed by atoms with Crippen molar-refractivity contribution in [2.24, 2.45) is 11.7 Å². The van der Waals surface area contributed by atoms with Crippen LogP contribution in [-0.2, 0) is 9.59 Å². The maximum absolute atomic E-state index is 12.1. The van der Waals surface area contributed by atoms with Crippen LogP contribution >= 0.6 is 0 Å². The highest BCUT2D eigenvalue weighted by atomic mass is 16.4. The summed E-state index contributed by atoms with van der Waals surface area (Å²) in [6, 6.07) is -0.369. The average molecular weight is 259 g/mol. The highest BCUT2D eigenvalue weighted by Crippen LogP contribution is 2.04. The summed E-state index contributed by atoms with van der Waals surface area (Å²) in [5, 5.41) is 8.82. The van der Waals surface area contributed by atoms with Gasteiger partial charge in [0.2, 0.25) is 5.91 Å². The summed E-state index contributed by atoms with van der Waals surface area (Å²) in [5.74, 6) is -2.20. The topological polar surface area (TPSA) is 104 Å². The molecule has 7 nitrogen and oxygen atoms in total. The maximum Gasteiger partial charge on any atom is 0.320 e. The molecule has 0 aromatic heterocycles. The minimum atomic E-state index is -0.959. The number of urea groups is 1. The fourth-order valence-corrected chi connectivity index (χ4v) is 1.45. The number of amides is 3. The minimum Gasteiger partial charge on any atom is -0.481 e. The van der Waals surface area contributed by atoms with Crippen LogP contribution in [0.4, 0.5) is 4.79 Å². The molecule has 104 valence electrons. The molecular formula is C11H21N3O4. The summed E-state index contributed by atoms with van der Waals surface area (Å²) in [7, 11) is 0. The van der Waals surface area contributed by atoms with Crippen molar-refractivity contribution in [2.45, 2.75) is 20.8 Å². The summed E-state index contributed by atoms with van der Waals surface area (Å²) < 4.78 is 0. The first-order valence-corrected chi connectivity index (χ1v) is 5.88. The number of carbonyl (C=O) groups is 3. The second-order valence-electron chi connectivity index (χ2n) is 4.04. The number of hydrogen-bond acceptors (Lipinski definition) is 3. The zero-order valence-corrected chi connectivity index (χ0v) is 11.0. The fraction of sp³-hybridized carbons (Fsp3) is 0.727. The van der Waals surface area contributed by atoms with E-state index in [-0.39, 0.29) is 19.1 Å². The highest BCUT2D eigenvalue weighted by Gasteiger charge is 2.23. The third-order valence-corrected chi connectivity index (χ3v) is 2.57. The van der Waals surface area contributed by atoms with Crippen LogP contribution in [0.3, 0.4) is 0 Å². The molecule has 0 saturated heterocycles. The van der Waals surface area contributed by atoms with Gasteiger partial charge in [0.1, 0.15) is 6.54 Å². The van der Waals surface area contributed by atoms with Crippen LogP contribution in [0.2, 0.25) is 0 Å². The van der Waals surface area contributed by atoms with E-state index in [1.165, 1.54) is 16.7 Å². The molecule has 0 heterocycles. The van der Waals surface area contributed by atoms with E-state index in [0.29, 0.717) is 13.1 Å². The lowest BCUT2D eigenvalue weighted by Gasteiger charge is -2.29. The molecular weight excluding hydrogens is 238 g/mol. The van der Waals surface area contributed by atoms with Gasteiger partial charge in [-0.2, -0.15) is 0 Å². The fourth-order valence-electron chi connectivity index (χ4n) is 1.45. The van der Waals surface area contributed by atoms with Crippen LogP contribution < -0.4 is 5.73 Å². The van der Waals surface area contributed by atoms with Gasteiger partial charge in [-0.3, -0.25) is 9.59 Å². The van der Waals surface area contributed by atoms with Gasteiger partial charge in [0.15, 0.2) is 0 Å². The average Bonchev–Trinajstić information content (AvgIpc) is 2.31. The Morgan fingerprint density at radius 3 is 2.00 bits per heavy atom. The highest BCUT2D eigenvalue weighted by molar-refractivity contribution is 5.83. The first-order chi connectivity index (χ1) is 8.33. The molecule has 0 rings (SSSR count). The Morgan fingerprint density at radius 1 is 1.17 bits per heavy atom. The van der Waals surface area contributed by atoms with Crippen molar-refractivity contribution in [2.75, 3.05) is 26.2 Å². The van der Waals surface area contributed by atoms with Gasteiger partial charge in [-0.15, -0.1) is 0 Å². The second-order valence-corrected chi connectivity index (χ2v) is 4.04. The molecule has 0 bridgehead atoms. The number of carboxylic acids is 1. The van der Waals surface area contributed by atoms with Crippen LogP contribution in [0.1, 0.15) is 20.8 Å². The Morgan fingerprint density at radius 2 is 1.67 bits per heavy atom. The van der Waals surface area contributed by atoms with Gasteiger partial charge in [0.25, 0.3) is 0 Å². The van der Waals surface area contributed by atoms with Crippen molar-refractivity contribution in [3.8, 4) is 0 Å². The maximum atomic E-state index is 12.1. The molecule has 1 atom stereocenters. The molecule has 0 aromatic rings. The number of aliphatic carboxylic acids is 1. The summed E-state index contributed by atoms with van der Waals surface area (Å²) in [6.07, 6.45) is 0. The van der Waals surface area contributed by atoms with Gasteiger partial charge in [-0.25, -0.2) is 4.79 Å². The lowest BCUT2D eigenvalue weighted by atomic mass is 10.2. The van der Waals surface area contributed by atoms with E-state index in [0.717, 1.165) is 0 Å². The van der Waals surface area contributed by atoms with Crippen molar-refractivity contribution in [3.05, 3.63) is 0 Å². The molecule has 18 heavy (non-hydrogen) atoms. The van der Waals surface area contributed by atoms with Gasteiger partial charge >= 0.3 is 12.0 Å². The number of carbonyl (C=O) groups excluding carboxylic acids is 2. The summed E-state index contributed by atoms with van der Waals surface area (Å²) >= 11 is 0. The van der Waals surface area contributed by atoms with Crippen LogP contribution in [0.25, 0.3) is 0 Å². The largest absolute Gasteiger partial charge is 0.481 e. The van der Waals surface area contributed by atoms with E-state index in [2.05, 4.69) is 0 Å². The molecule has 0 aliphatic rings. The monoisotopic (exact) mass is 259 g/mol. The number of primary amides is 1. The SMILES string of the molecule is CCN(CC(N)=O)C(=O)N(CC)CC(C)C(=O)O. The Hall–Kier alpha value is -1.79. The predicted octanol–water partition coefficient (Wildman–Crippen LogP) is -0.0438. The number of rotatable bonds is 7.